The highest BCUT2D eigenvalue weighted by Crippen LogP contribution is 2.25. The average molecular weight is 387 g/mol. The second-order valence-electron chi connectivity index (χ2n) is 6.71. The van der Waals surface area contributed by atoms with Gasteiger partial charge in [0.25, 0.3) is 5.91 Å². The van der Waals surface area contributed by atoms with Crippen molar-refractivity contribution in [2.24, 2.45) is 4.99 Å². The van der Waals surface area contributed by atoms with Crippen molar-refractivity contribution in [2.45, 2.75) is 56.5 Å². The standard InChI is InChI=1S/C17H21F4N5O/c18-11-7-5-10(6-8-11)15(27)24-16(22-12-3-1-2-4-12)23-14-9-13(25-26-14)17(19,20)21/h5-8,12-14,25-26H,1-4,9H2,(H2,22,23,24,27). The minimum absolute atomic E-state index is 0.102. The number of guanidine groups is 1. The molecular formula is C17H21F4N5O. The lowest BCUT2D eigenvalue weighted by Gasteiger charge is -2.20. The molecule has 2 atom stereocenters. The molecule has 10 heteroatoms. The topological polar surface area (TPSA) is 77.5 Å². The summed E-state index contributed by atoms with van der Waals surface area (Å²) in [7, 11) is 0. The normalized spacial score (nSPS) is 24.2. The fourth-order valence-corrected chi connectivity index (χ4v) is 3.16. The monoisotopic (exact) mass is 387 g/mol. The van der Waals surface area contributed by atoms with Crippen LogP contribution in [0.25, 0.3) is 0 Å². The molecule has 0 spiro atoms. The highest BCUT2D eigenvalue weighted by atomic mass is 19.4. The SMILES string of the molecule is O=C(/N=C(/NC1CCCC1)NC1CC(C(F)(F)F)NN1)c1ccc(F)cc1. The third-order valence-electron chi connectivity index (χ3n) is 4.61. The van der Waals surface area contributed by atoms with Crippen LogP contribution in [0.2, 0.25) is 0 Å². The molecule has 148 valence electrons. The fraction of sp³-hybridized carbons (Fsp3) is 0.529. The number of rotatable bonds is 3. The third-order valence-corrected chi connectivity index (χ3v) is 4.61. The number of alkyl halides is 3. The Balaban J connectivity index is 1.70. The van der Waals surface area contributed by atoms with Gasteiger partial charge in [-0.2, -0.15) is 18.2 Å². The molecule has 1 amide bonds. The summed E-state index contributed by atoms with van der Waals surface area (Å²) in [4.78, 5) is 16.3. The summed E-state index contributed by atoms with van der Waals surface area (Å²) in [5.74, 6) is -0.975. The number of aliphatic imine (C=N–C) groups is 1. The van der Waals surface area contributed by atoms with E-state index >= 15 is 0 Å². The first-order valence-corrected chi connectivity index (χ1v) is 8.81. The summed E-state index contributed by atoms with van der Waals surface area (Å²) in [6.45, 7) is 0. The smallest absolute Gasteiger partial charge is 0.353 e. The van der Waals surface area contributed by atoms with Crippen LogP contribution in [0.5, 0.6) is 0 Å². The van der Waals surface area contributed by atoms with Crippen LogP contribution < -0.4 is 21.5 Å². The van der Waals surface area contributed by atoms with Crippen LogP contribution in [0.15, 0.2) is 29.3 Å². The van der Waals surface area contributed by atoms with Crippen molar-refractivity contribution >= 4 is 11.9 Å². The number of halogens is 4. The predicted octanol–water partition coefficient (Wildman–Crippen LogP) is 2.20. The number of carbonyl (C=O) groups is 1. The number of nitrogens with zero attached hydrogens (tertiary/aromatic N) is 1. The molecule has 1 aromatic carbocycles. The summed E-state index contributed by atoms with van der Waals surface area (Å²) in [6.07, 6.45) is -1.50. The van der Waals surface area contributed by atoms with Crippen LogP contribution in [-0.4, -0.2) is 36.3 Å². The number of benzene rings is 1. The molecule has 1 aliphatic heterocycles. The van der Waals surface area contributed by atoms with Crippen LogP contribution in [0.1, 0.15) is 42.5 Å². The van der Waals surface area contributed by atoms with Gasteiger partial charge in [0.05, 0.1) is 6.17 Å². The lowest BCUT2D eigenvalue weighted by atomic mass is 10.2. The lowest BCUT2D eigenvalue weighted by molar-refractivity contribution is -0.153. The minimum Gasteiger partial charge on any atom is -0.353 e. The van der Waals surface area contributed by atoms with Gasteiger partial charge < -0.3 is 10.6 Å². The molecule has 2 aliphatic rings. The van der Waals surface area contributed by atoms with Gasteiger partial charge in [-0.1, -0.05) is 12.8 Å². The van der Waals surface area contributed by atoms with Crippen LogP contribution in [-0.2, 0) is 0 Å². The molecule has 0 aromatic heterocycles. The summed E-state index contributed by atoms with van der Waals surface area (Å²) in [5.41, 5.74) is 4.91. The van der Waals surface area contributed by atoms with E-state index in [4.69, 9.17) is 0 Å². The maximum atomic E-state index is 13.0. The molecule has 6 nitrogen and oxygen atoms in total. The van der Waals surface area contributed by atoms with Crippen LogP contribution in [0.4, 0.5) is 17.6 Å². The molecule has 1 saturated heterocycles. The Morgan fingerprint density at radius 3 is 2.33 bits per heavy atom. The molecule has 1 heterocycles. The summed E-state index contributed by atoms with van der Waals surface area (Å²) >= 11 is 0. The number of nitrogens with one attached hydrogen (secondary N) is 4. The predicted molar refractivity (Wildman–Crippen MR) is 91.2 cm³/mol. The first-order valence-electron chi connectivity index (χ1n) is 8.81. The number of hydrogen-bond donors (Lipinski definition) is 4. The summed E-state index contributed by atoms with van der Waals surface area (Å²) in [5, 5.41) is 5.93. The molecule has 27 heavy (non-hydrogen) atoms. The molecule has 1 aliphatic carbocycles. The van der Waals surface area contributed by atoms with Gasteiger partial charge in [0.15, 0.2) is 0 Å². The highest BCUT2D eigenvalue weighted by Gasteiger charge is 2.44. The van der Waals surface area contributed by atoms with Crippen LogP contribution in [0.3, 0.4) is 0 Å². The van der Waals surface area contributed by atoms with Gasteiger partial charge in [-0.25, -0.2) is 15.2 Å². The number of hydrazine groups is 1. The van der Waals surface area contributed by atoms with Gasteiger partial charge >= 0.3 is 6.18 Å². The Morgan fingerprint density at radius 1 is 1.07 bits per heavy atom. The van der Waals surface area contributed by atoms with Gasteiger partial charge in [0.2, 0.25) is 5.96 Å². The molecule has 0 bridgehead atoms. The van der Waals surface area contributed by atoms with Crippen molar-refractivity contribution < 1.29 is 22.4 Å². The first-order chi connectivity index (χ1) is 12.8. The van der Waals surface area contributed by atoms with Crippen LogP contribution in [0, 0.1) is 5.82 Å². The third kappa shape index (κ3) is 5.39. The van der Waals surface area contributed by atoms with E-state index in [9.17, 15) is 22.4 Å². The lowest BCUT2D eigenvalue weighted by Crippen LogP contribution is -2.51. The molecule has 2 unspecified atom stereocenters. The zero-order valence-electron chi connectivity index (χ0n) is 14.4. The molecule has 1 saturated carbocycles. The largest absolute Gasteiger partial charge is 0.405 e. The summed E-state index contributed by atoms with van der Waals surface area (Å²) in [6, 6.07) is 3.33. The van der Waals surface area contributed by atoms with Gasteiger partial charge in [0, 0.05) is 18.0 Å². The number of hydrogen-bond acceptors (Lipinski definition) is 3. The Morgan fingerprint density at radius 2 is 1.74 bits per heavy atom. The van der Waals surface area contributed by atoms with E-state index in [0.29, 0.717) is 0 Å². The molecule has 1 aromatic rings. The van der Waals surface area contributed by atoms with E-state index in [1.807, 2.05) is 0 Å². The average Bonchev–Trinajstić information content (AvgIpc) is 3.27. The van der Waals surface area contributed by atoms with E-state index in [0.717, 1.165) is 37.8 Å². The highest BCUT2D eigenvalue weighted by molar-refractivity contribution is 6.02. The minimum atomic E-state index is -4.37. The Hall–Kier alpha value is -2.20. The number of carbonyl (C=O) groups excluding carboxylic acids is 1. The number of amides is 1. The van der Waals surface area contributed by atoms with Crippen molar-refractivity contribution in [1.82, 2.24) is 21.5 Å². The molecule has 4 N–H and O–H groups in total. The van der Waals surface area contributed by atoms with Crippen molar-refractivity contribution in [2.75, 3.05) is 0 Å². The second kappa shape index (κ2) is 8.22. The maximum Gasteiger partial charge on any atom is 0.405 e. The molecule has 0 radical (unpaired) electrons. The zero-order chi connectivity index (χ0) is 19.4. The Labute approximate surface area is 153 Å². The van der Waals surface area contributed by atoms with E-state index in [1.54, 1.807) is 0 Å². The van der Waals surface area contributed by atoms with Gasteiger partial charge in [0.1, 0.15) is 11.9 Å². The van der Waals surface area contributed by atoms with Crippen molar-refractivity contribution in [3.05, 3.63) is 35.6 Å². The van der Waals surface area contributed by atoms with E-state index in [2.05, 4.69) is 26.5 Å². The Bertz CT molecular complexity index is 686. The van der Waals surface area contributed by atoms with Gasteiger partial charge in [-0.3, -0.25) is 4.79 Å². The van der Waals surface area contributed by atoms with Crippen molar-refractivity contribution in [1.29, 1.82) is 0 Å². The quantitative estimate of drug-likeness (QED) is 0.363. The fourth-order valence-electron chi connectivity index (χ4n) is 3.16. The Kier molecular flexibility index (Phi) is 5.95. The van der Waals surface area contributed by atoms with E-state index < -0.39 is 30.1 Å². The van der Waals surface area contributed by atoms with Gasteiger partial charge in [-0.15, -0.1) is 0 Å². The summed E-state index contributed by atoms with van der Waals surface area (Å²) < 4.78 is 51.4. The first kappa shape index (κ1) is 19.6. The van der Waals surface area contributed by atoms with E-state index in [1.165, 1.54) is 12.1 Å². The maximum absolute atomic E-state index is 13.0. The van der Waals surface area contributed by atoms with Crippen molar-refractivity contribution in [3.8, 4) is 0 Å². The van der Waals surface area contributed by atoms with E-state index in [-0.39, 0.29) is 24.0 Å². The van der Waals surface area contributed by atoms with Gasteiger partial charge in [-0.05, 0) is 37.1 Å². The molecular weight excluding hydrogens is 366 g/mol. The van der Waals surface area contributed by atoms with Crippen LogP contribution >= 0.6 is 0 Å². The van der Waals surface area contributed by atoms with Crippen molar-refractivity contribution in [3.63, 3.8) is 0 Å². The zero-order valence-corrected chi connectivity index (χ0v) is 14.4. The molecule has 2 fully saturated rings. The molecule has 3 rings (SSSR count). The second-order valence-corrected chi connectivity index (χ2v) is 6.71.